The maximum Gasteiger partial charge on any atom is 0.264 e. The molecular weight excluding hydrogens is 386 g/mol. The molecule has 1 aliphatic heterocycles. The van der Waals surface area contributed by atoms with E-state index in [1.165, 1.54) is 11.3 Å². The van der Waals surface area contributed by atoms with Crippen LogP contribution in [0.4, 0.5) is 0 Å². The van der Waals surface area contributed by atoms with Crippen molar-refractivity contribution in [3.63, 3.8) is 0 Å². The van der Waals surface area contributed by atoms with Gasteiger partial charge in [0.1, 0.15) is 5.75 Å². The fraction of sp³-hybridized carbons (Fsp3) is 0.368. The van der Waals surface area contributed by atoms with Crippen molar-refractivity contribution in [1.82, 2.24) is 15.1 Å². The van der Waals surface area contributed by atoms with E-state index in [2.05, 4.69) is 10.2 Å². The molecule has 0 saturated carbocycles. The summed E-state index contributed by atoms with van der Waals surface area (Å²) in [5.74, 6) is 0.565. The Morgan fingerprint density at radius 2 is 1.85 bits per heavy atom. The molecule has 0 atom stereocenters. The zero-order valence-corrected chi connectivity index (χ0v) is 16.5. The molecule has 2 heterocycles. The Labute approximate surface area is 167 Å². The number of halogens is 1. The first-order valence-corrected chi connectivity index (χ1v) is 10.1. The van der Waals surface area contributed by atoms with Gasteiger partial charge in [0.05, 0.1) is 4.88 Å². The molecule has 27 heavy (non-hydrogen) atoms. The molecule has 2 aromatic rings. The zero-order chi connectivity index (χ0) is 19.1. The quantitative estimate of drug-likeness (QED) is 0.765. The highest BCUT2D eigenvalue weighted by Crippen LogP contribution is 2.15. The first-order chi connectivity index (χ1) is 13.1. The Morgan fingerprint density at radius 3 is 2.52 bits per heavy atom. The Balaban J connectivity index is 1.30. The maximum atomic E-state index is 12.3. The van der Waals surface area contributed by atoms with Gasteiger partial charge in [0.15, 0.2) is 6.61 Å². The van der Waals surface area contributed by atoms with Gasteiger partial charge in [-0.25, -0.2) is 0 Å². The summed E-state index contributed by atoms with van der Waals surface area (Å²) in [7, 11) is 0. The number of nitrogens with one attached hydrogen (secondary N) is 1. The van der Waals surface area contributed by atoms with Gasteiger partial charge in [-0.05, 0) is 35.7 Å². The van der Waals surface area contributed by atoms with Crippen LogP contribution in [0.2, 0.25) is 5.02 Å². The second-order valence-corrected chi connectivity index (χ2v) is 7.59. The molecule has 0 bridgehead atoms. The lowest BCUT2D eigenvalue weighted by molar-refractivity contribution is -0.123. The van der Waals surface area contributed by atoms with E-state index < -0.39 is 0 Å². The molecule has 1 aliphatic rings. The second kappa shape index (κ2) is 9.73. The Kier molecular flexibility index (Phi) is 7.09. The van der Waals surface area contributed by atoms with Crippen LogP contribution in [0.3, 0.4) is 0 Å². The van der Waals surface area contributed by atoms with Crippen LogP contribution in [0, 0.1) is 0 Å². The van der Waals surface area contributed by atoms with Gasteiger partial charge in [-0.1, -0.05) is 17.7 Å². The number of thiophene rings is 1. The number of ether oxygens (including phenoxy) is 1. The van der Waals surface area contributed by atoms with E-state index >= 15 is 0 Å². The van der Waals surface area contributed by atoms with Gasteiger partial charge in [-0.15, -0.1) is 11.3 Å². The average Bonchev–Trinajstić information content (AvgIpc) is 3.22. The van der Waals surface area contributed by atoms with E-state index in [9.17, 15) is 9.59 Å². The summed E-state index contributed by atoms with van der Waals surface area (Å²) in [4.78, 5) is 29.1. The maximum absolute atomic E-state index is 12.3. The third kappa shape index (κ3) is 5.95. The minimum Gasteiger partial charge on any atom is -0.484 e. The second-order valence-electron chi connectivity index (χ2n) is 6.20. The minimum atomic E-state index is -0.156. The Hall–Kier alpha value is -2.09. The van der Waals surface area contributed by atoms with Crippen LogP contribution in [0.15, 0.2) is 41.8 Å². The molecule has 1 N–H and O–H groups in total. The largest absolute Gasteiger partial charge is 0.484 e. The predicted octanol–water partition coefficient (Wildman–Crippen LogP) is 2.35. The highest BCUT2D eigenvalue weighted by atomic mass is 35.5. The van der Waals surface area contributed by atoms with Crippen molar-refractivity contribution in [3.05, 3.63) is 51.7 Å². The molecular formula is C19H22ClN3O3S. The van der Waals surface area contributed by atoms with Crippen LogP contribution < -0.4 is 10.1 Å². The van der Waals surface area contributed by atoms with E-state index in [0.717, 1.165) is 24.5 Å². The summed E-state index contributed by atoms with van der Waals surface area (Å²) < 4.78 is 5.41. The van der Waals surface area contributed by atoms with Gasteiger partial charge in [0, 0.05) is 44.3 Å². The topological polar surface area (TPSA) is 61.9 Å². The van der Waals surface area contributed by atoms with Gasteiger partial charge in [-0.2, -0.15) is 0 Å². The minimum absolute atomic E-state index is 0.0231. The van der Waals surface area contributed by atoms with Gasteiger partial charge in [0.25, 0.3) is 11.8 Å². The Bertz CT molecular complexity index is 744. The highest BCUT2D eigenvalue weighted by Gasteiger charge is 2.22. The van der Waals surface area contributed by atoms with Crippen molar-refractivity contribution in [2.75, 3.05) is 45.9 Å². The number of amides is 2. The number of hydrogen-bond donors (Lipinski definition) is 1. The molecule has 2 amide bonds. The van der Waals surface area contributed by atoms with Crippen LogP contribution in [0.1, 0.15) is 9.67 Å². The number of nitrogens with zero attached hydrogens (tertiary/aromatic N) is 2. The molecule has 3 rings (SSSR count). The van der Waals surface area contributed by atoms with E-state index in [1.54, 1.807) is 24.3 Å². The number of hydrogen-bond acceptors (Lipinski definition) is 5. The zero-order valence-electron chi connectivity index (χ0n) is 14.9. The van der Waals surface area contributed by atoms with Crippen molar-refractivity contribution in [2.24, 2.45) is 0 Å². The van der Waals surface area contributed by atoms with Crippen LogP contribution >= 0.6 is 22.9 Å². The van der Waals surface area contributed by atoms with Crippen LogP contribution in [0.25, 0.3) is 0 Å². The smallest absolute Gasteiger partial charge is 0.264 e. The van der Waals surface area contributed by atoms with Crippen molar-refractivity contribution in [3.8, 4) is 5.75 Å². The van der Waals surface area contributed by atoms with E-state index in [1.807, 2.05) is 22.4 Å². The molecule has 0 aliphatic carbocycles. The number of piperazine rings is 1. The Morgan fingerprint density at radius 1 is 1.11 bits per heavy atom. The fourth-order valence-electron chi connectivity index (χ4n) is 2.81. The fourth-order valence-corrected chi connectivity index (χ4v) is 3.63. The molecule has 0 unspecified atom stereocenters. The standard InChI is InChI=1S/C19H22ClN3O3S/c20-15-3-5-16(6-4-15)26-14-18(24)21-7-8-22-9-11-23(12-10-22)19(25)17-2-1-13-27-17/h1-6,13H,7-12,14H2,(H,21,24). The summed E-state index contributed by atoms with van der Waals surface area (Å²) in [6.07, 6.45) is 0. The summed E-state index contributed by atoms with van der Waals surface area (Å²) in [6.45, 7) is 4.34. The monoisotopic (exact) mass is 407 g/mol. The summed E-state index contributed by atoms with van der Waals surface area (Å²) in [6, 6.07) is 10.7. The van der Waals surface area contributed by atoms with Crippen LogP contribution in [-0.4, -0.2) is 67.5 Å². The van der Waals surface area contributed by atoms with E-state index in [-0.39, 0.29) is 18.4 Å². The third-order valence-corrected chi connectivity index (χ3v) is 5.44. The summed E-state index contributed by atoms with van der Waals surface area (Å²) >= 11 is 7.28. The lowest BCUT2D eigenvalue weighted by Crippen LogP contribution is -2.50. The summed E-state index contributed by atoms with van der Waals surface area (Å²) in [5.41, 5.74) is 0. The molecule has 1 aromatic carbocycles. The van der Waals surface area contributed by atoms with Crippen LogP contribution in [0.5, 0.6) is 5.75 Å². The van der Waals surface area contributed by atoms with E-state index in [4.69, 9.17) is 16.3 Å². The third-order valence-electron chi connectivity index (χ3n) is 4.33. The first kappa shape index (κ1) is 19.7. The SMILES string of the molecule is O=C(COc1ccc(Cl)cc1)NCCN1CCN(C(=O)c2cccs2)CC1. The van der Waals surface area contributed by atoms with Crippen LogP contribution in [-0.2, 0) is 4.79 Å². The molecule has 1 aromatic heterocycles. The molecule has 0 radical (unpaired) electrons. The molecule has 1 fully saturated rings. The van der Waals surface area contributed by atoms with Crippen molar-refractivity contribution in [1.29, 1.82) is 0 Å². The van der Waals surface area contributed by atoms with Crippen molar-refractivity contribution >= 4 is 34.8 Å². The van der Waals surface area contributed by atoms with Crippen molar-refractivity contribution in [2.45, 2.75) is 0 Å². The lowest BCUT2D eigenvalue weighted by atomic mass is 10.3. The van der Waals surface area contributed by atoms with Gasteiger partial charge >= 0.3 is 0 Å². The molecule has 1 saturated heterocycles. The lowest BCUT2D eigenvalue weighted by Gasteiger charge is -2.34. The van der Waals surface area contributed by atoms with E-state index in [0.29, 0.717) is 30.4 Å². The van der Waals surface area contributed by atoms with Gasteiger partial charge < -0.3 is 15.0 Å². The molecule has 6 nitrogen and oxygen atoms in total. The normalized spacial score (nSPS) is 14.8. The average molecular weight is 408 g/mol. The number of carbonyl (C=O) groups excluding carboxylic acids is 2. The van der Waals surface area contributed by atoms with Gasteiger partial charge in [0.2, 0.25) is 0 Å². The highest BCUT2D eigenvalue weighted by molar-refractivity contribution is 7.12. The van der Waals surface area contributed by atoms with Crippen molar-refractivity contribution < 1.29 is 14.3 Å². The molecule has 0 spiro atoms. The molecule has 144 valence electrons. The number of carbonyl (C=O) groups is 2. The van der Waals surface area contributed by atoms with Gasteiger partial charge in [-0.3, -0.25) is 14.5 Å². The molecule has 8 heteroatoms. The number of benzene rings is 1. The first-order valence-electron chi connectivity index (χ1n) is 8.82. The number of rotatable bonds is 7. The predicted molar refractivity (Wildman–Crippen MR) is 107 cm³/mol. The summed E-state index contributed by atoms with van der Waals surface area (Å²) in [5, 5.41) is 5.41.